The first kappa shape index (κ1) is 12.3. The topological polar surface area (TPSA) is 76.0 Å². The predicted octanol–water partition coefficient (Wildman–Crippen LogP) is -0.125. The van der Waals surface area contributed by atoms with Gasteiger partial charge >= 0.3 is 5.97 Å². The van der Waals surface area contributed by atoms with Crippen LogP contribution in [0.15, 0.2) is 0 Å². The van der Waals surface area contributed by atoms with Crippen molar-refractivity contribution < 1.29 is 24.5 Å². The van der Waals surface area contributed by atoms with Crippen LogP contribution in [0.5, 0.6) is 0 Å². The molecule has 5 nitrogen and oxygen atoms in total. The second kappa shape index (κ2) is 7.97. The Labute approximate surface area is 77.3 Å². The highest BCUT2D eigenvalue weighted by molar-refractivity contribution is 5.67. The van der Waals surface area contributed by atoms with E-state index in [0.717, 1.165) is 0 Å². The van der Waals surface area contributed by atoms with E-state index in [9.17, 15) is 4.79 Å². The number of hydrogen-bond donors (Lipinski definition) is 2. The Bertz CT molecular complexity index is 136. The summed E-state index contributed by atoms with van der Waals surface area (Å²) in [6.07, 6.45) is 0.204. The van der Waals surface area contributed by atoms with Crippen molar-refractivity contribution in [3.63, 3.8) is 0 Å². The Kier molecular flexibility index (Phi) is 7.57. The van der Waals surface area contributed by atoms with Crippen LogP contribution in [0.2, 0.25) is 0 Å². The first-order valence-corrected chi connectivity index (χ1v) is 4.22. The van der Waals surface area contributed by atoms with Gasteiger partial charge in [-0.05, 0) is 6.42 Å². The summed E-state index contributed by atoms with van der Waals surface area (Å²) >= 11 is 0. The van der Waals surface area contributed by atoms with Gasteiger partial charge in [-0.25, -0.2) is 4.79 Å². The van der Waals surface area contributed by atoms with E-state index in [-0.39, 0.29) is 19.8 Å². The van der Waals surface area contributed by atoms with Crippen LogP contribution >= 0.6 is 0 Å². The highest BCUT2D eigenvalue weighted by atomic mass is 16.5. The summed E-state index contributed by atoms with van der Waals surface area (Å²) in [7, 11) is 0. The summed E-state index contributed by atoms with van der Waals surface area (Å²) < 4.78 is 9.70. The molecule has 0 radical (unpaired) electrons. The van der Waals surface area contributed by atoms with Gasteiger partial charge in [0.2, 0.25) is 0 Å². The van der Waals surface area contributed by atoms with E-state index in [1.807, 2.05) is 6.92 Å². The first-order valence-electron chi connectivity index (χ1n) is 4.22. The van der Waals surface area contributed by atoms with Gasteiger partial charge in [0.25, 0.3) is 0 Å². The van der Waals surface area contributed by atoms with E-state index >= 15 is 0 Å². The Morgan fingerprint density at radius 2 is 2.00 bits per heavy atom. The monoisotopic (exact) mass is 192 g/mol. The summed E-state index contributed by atoms with van der Waals surface area (Å²) in [6.45, 7) is 2.37. The second-order valence-electron chi connectivity index (χ2n) is 2.58. The fourth-order valence-corrected chi connectivity index (χ4v) is 0.615. The number of aliphatic hydroxyl groups is 1. The molecule has 0 amide bonds. The third kappa shape index (κ3) is 9.26. The Hall–Kier alpha value is -0.650. The number of carbonyl (C=O) groups is 1. The third-order valence-corrected chi connectivity index (χ3v) is 1.38. The van der Waals surface area contributed by atoms with Crippen LogP contribution in [0, 0.1) is 0 Å². The lowest BCUT2D eigenvalue weighted by atomic mass is 10.3. The van der Waals surface area contributed by atoms with Crippen molar-refractivity contribution in [1.29, 1.82) is 0 Å². The number of carboxylic acid groups (broad SMARTS) is 1. The lowest BCUT2D eigenvalue weighted by Gasteiger charge is -2.08. The normalized spacial score (nSPS) is 12.8. The van der Waals surface area contributed by atoms with Gasteiger partial charge in [0.1, 0.15) is 6.61 Å². The van der Waals surface area contributed by atoms with Crippen molar-refractivity contribution in [2.24, 2.45) is 0 Å². The van der Waals surface area contributed by atoms with Crippen LogP contribution in [0.4, 0.5) is 0 Å². The summed E-state index contributed by atoms with van der Waals surface area (Å²) in [6, 6.07) is 0. The molecule has 0 saturated heterocycles. The SMILES string of the molecule is CCC(O)COCCOCC(=O)O. The maximum atomic E-state index is 9.98. The minimum Gasteiger partial charge on any atom is -0.480 e. The maximum Gasteiger partial charge on any atom is 0.329 e. The van der Waals surface area contributed by atoms with Gasteiger partial charge in [0.15, 0.2) is 0 Å². The lowest BCUT2D eigenvalue weighted by Crippen LogP contribution is -2.17. The molecule has 0 aliphatic rings. The molecule has 0 heterocycles. The lowest BCUT2D eigenvalue weighted by molar-refractivity contribution is -0.142. The molecule has 78 valence electrons. The molecule has 0 aromatic heterocycles. The van der Waals surface area contributed by atoms with E-state index in [4.69, 9.17) is 19.7 Å². The molecule has 1 atom stereocenters. The van der Waals surface area contributed by atoms with E-state index in [2.05, 4.69) is 0 Å². The van der Waals surface area contributed by atoms with Gasteiger partial charge in [-0.3, -0.25) is 0 Å². The number of carboxylic acids is 1. The smallest absolute Gasteiger partial charge is 0.329 e. The van der Waals surface area contributed by atoms with Crippen molar-refractivity contribution in [3.8, 4) is 0 Å². The number of ether oxygens (including phenoxy) is 2. The molecule has 0 bridgehead atoms. The Morgan fingerprint density at radius 1 is 1.38 bits per heavy atom. The van der Waals surface area contributed by atoms with Gasteiger partial charge < -0.3 is 19.7 Å². The van der Waals surface area contributed by atoms with Crippen molar-refractivity contribution in [2.45, 2.75) is 19.4 Å². The van der Waals surface area contributed by atoms with Crippen LogP contribution in [-0.4, -0.2) is 48.7 Å². The molecule has 0 saturated carbocycles. The van der Waals surface area contributed by atoms with Crippen LogP contribution in [0.3, 0.4) is 0 Å². The average molecular weight is 192 g/mol. The van der Waals surface area contributed by atoms with Gasteiger partial charge in [0, 0.05) is 0 Å². The van der Waals surface area contributed by atoms with E-state index in [0.29, 0.717) is 13.0 Å². The molecular weight excluding hydrogens is 176 g/mol. The summed E-state index contributed by atoms with van der Waals surface area (Å²) in [5.41, 5.74) is 0. The van der Waals surface area contributed by atoms with Crippen molar-refractivity contribution >= 4 is 5.97 Å². The zero-order chi connectivity index (χ0) is 10.1. The van der Waals surface area contributed by atoms with Crippen molar-refractivity contribution in [1.82, 2.24) is 0 Å². The molecular formula is C8H16O5. The van der Waals surface area contributed by atoms with Crippen LogP contribution < -0.4 is 0 Å². The molecule has 0 aromatic carbocycles. The molecule has 0 spiro atoms. The van der Waals surface area contributed by atoms with Crippen LogP contribution in [0.25, 0.3) is 0 Å². The van der Waals surface area contributed by atoms with E-state index in [1.54, 1.807) is 0 Å². The van der Waals surface area contributed by atoms with Gasteiger partial charge in [-0.15, -0.1) is 0 Å². The summed E-state index contributed by atoms with van der Waals surface area (Å²) in [5.74, 6) is -0.992. The fourth-order valence-electron chi connectivity index (χ4n) is 0.615. The standard InChI is InChI=1S/C8H16O5/c1-2-7(9)5-12-3-4-13-6-8(10)11/h7,9H,2-6H2,1H3,(H,10,11). The van der Waals surface area contributed by atoms with Gasteiger partial charge in [-0.1, -0.05) is 6.92 Å². The number of hydrogen-bond acceptors (Lipinski definition) is 4. The predicted molar refractivity (Wildman–Crippen MR) is 45.6 cm³/mol. The molecule has 13 heavy (non-hydrogen) atoms. The fraction of sp³-hybridized carbons (Fsp3) is 0.875. The minimum absolute atomic E-state index is 0.239. The number of rotatable bonds is 8. The highest BCUT2D eigenvalue weighted by Crippen LogP contribution is 1.90. The molecule has 0 fully saturated rings. The number of aliphatic carboxylic acids is 1. The Balaban J connectivity index is 3.04. The van der Waals surface area contributed by atoms with Gasteiger partial charge in [0.05, 0.1) is 25.9 Å². The third-order valence-electron chi connectivity index (χ3n) is 1.38. The van der Waals surface area contributed by atoms with Crippen LogP contribution in [-0.2, 0) is 14.3 Å². The molecule has 0 aromatic rings. The Morgan fingerprint density at radius 3 is 2.54 bits per heavy atom. The average Bonchev–Trinajstić information content (AvgIpc) is 2.10. The number of aliphatic hydroxyl groups excluding tert-OH is 1. The molecule has 1 unspecified atom stereocenters. The molecule has 0 aliphatic heterocycles. The molecule has 5 heteroatoms. The maximum absolute atomic E-state index is 9.98. The van der Waals surface area contributed by atoms with Crippen molar-refractivity contribution in [3.05, 3.63) is 0 Å². The quantitative estimate of drug-likeness (QED) is 0.524. The van der Waals surface area contributed by atoms with E-state index < -0.39 is 12.1 Å². The van der Waals surface area contributed by atoms with Gasteiger partial charge in [-0.2, -0.15) is 0 Å². The zero-order valence-corrected chi connectivity index (χ0v) is 7.73. The second-order valence-corrected chi connectivity index (χ2v) is 2.58. The van der Waals surface area contributed by atoms with Crippen molar-refractivity contribution in [2.75, 3.05) is 26.4 Å². The minimum atomic E-state index is -0.992. The highest BCUT2D eigenvalue weighted by Gasteiger charge is 2.00. The van der Waals surface area contributed by atoms with E-state index in [1.165, 1.54) is 0 Å². The first-order chi connectivity index (χ1) is 6.16. The summed E-state index contributed by atoms with van der Waals surface area (Å²) in [4.78, 5) is 9.98. The van der Waals surface area contributed by atoms with Crippen LogP contribution in [0.1, 0.15) is 13.3 Å². The molecule has 0 rings (SSSR count). The molecule has 0 aliphatic carbocycles. The molecule has 2 N–H and O–H groups in total. The largest absolute Gasteiger partial charge is 0.480 e. The summed E-state index contributed by atoms with van der Waals surface area (Å²) in [5, 5.41) is 17.2. The zero-order valence-electron chi connectivity index (χ0n) is 7.73.